The van der Waals surface area contributed by atoms with Crippen LogP contribution < -0.4 is 0 Å². The summed E-state index contributed by atoms with van der Waals surface area (Å²) in [7, 11) is 1.00. The van der Waals surface area contributed by atoms with E-state index in [1.807, 2.05) is 0 Å². The zero-order valence-corrected chi connectivity index (χ0v) is 10.8. The van der Waals surface area contributed by atoms with Crippen molar-refractivity contribution in [3.63, 3.8) is 0 Å². The first-order chi connectivity index (χ1) is 8.08. The van der Waals surface area contributed by atoms with Crippen LogP contribution in [0.4, 0.5) is 13.6 Å². The molecule has 7 heteroatoms. The predicted octanol–water partition coefficient (Wildman–Crippen LogP) is 1.80. The summed E-state index contributed by atoms with van der Waals surface area (Å²) in [6, 6.07) is -1.91. The largest absolute Gasteiger partial charge is 0.467 e. The SMILES string of the molecule is COC(=O)[C@H]1N(C(=O)OC(C)(C)C)CCC1(F)F. The average molecular weight is 265 g/mol. The van der Waals surface area contributed by atoms with E-state index < -0.39 is 36.0 Å². The molecule has 1 amide bonds. The highest BCUT2D eigenvalue weighted by atomic mass is 19.3. The third-order valence-corrected chi connectivity index (χ3v) is 2.45. The van der Waals surface area contributed by atoms with Crippen LogP contribution in [0.2, 0.25) is 0 Å². The Labute approximate surface area is 104 Å². The zero-order chi connectivity index (χ0) is 14.1. The van der Waals surface area contributed by atoms with E-state index >= 15 is 0 Å². The van der Waals surface area contributed by atoms with Crippen molar-refractivity contribution in [3.05, 3.63) is 0 Å². The fourth-order valence-electron chi connectivity index (χ4n) is 1.69. The number of methoxy groups -OCH3 is 1. The Morgan fingerprint density at radius 2 is 1.89 bits per heavy atom. The molecule has 1 aliphatic rings. The van der Waals surface area contributed by atoms with Crippen LogP contribution in [-0.2, 0) is 14.3 Å². The molecule has 0 bridgehead atoms. The van der Waals surface area contributed by atoms with Gasteiger partial charge in [0.25, 0.3) is 5.92 Å². The van der Waals surface area contributed by atoms with E-state index in [2.05, 4.69) is 4.74 Å². The molecule has 0 spiro atoms. The van der Waals surface area contributed by atoms with Crippen molar-refractivity contribution in [2.75, 3.05) is 13.7 Å². The molecule has 1 saturated heterocycles. The molecule has 104 valence electrons. The summed E-state index contributed by atoms with van der Waals surface area (Å²) >= 11 is 0. The Balaban J connectivity index is 2.88. The summed E-state index contributed by atoms with van der Waals surface area (Å²) in [5.74, 6) is -4.42. The highest BCUT2D eigenvalue weighted by Crippen LogP contribution is 2.35. The van der Waals surface area contributed by atoms with Crippen LogP contribution >= 0.6 is 0 Å². The third kappa shape index (κ3) is 3.08. The summed E-state index contributed by atoms with van der Waals surface area (Å²) in [6.45, 7) is 4.62. The Bertz CT molecular complexity index is 351. The van der Waals surface area contributed by atoms with Gasteiger partial charge in [-0.2, -0.15) is 0 Å². The van der Waals surface area contributed by atoms with Crippen LogP contribution in [-0.4, -0.2) is 48.2 Å². The van der Waals surface area contributed by atoms with E-state index in [1.54, 1.807) is 20.8 Å². The zero-order valence-electron chi connectivity index (χ0n) is 10.8. The Morgan fingerprint density at radius 1 is 1.33 bits per heavy atom. The molecule has 18 heavy (non-hydrogen) atoms. The lowest BCUT2D eigenvalue weighted by Gasteiger charge is -2.28. The van der Waals surface area contributed by atoms with Gasteiger partial charge in [-0.15, -0.1) is 0 Å². The monoisotopic (exact) mass is 265 g/mol. The molecule has 0 aromatic heterocycles. The standard InChI is InChI=1S/C11H17F2NO4/c1-10(2,3)18-9(16)14-6-5-11(12,13)7(14)8(15)17-4/h7H,5-6H2,1-4H3/t7-/m1/s1. The summed E-state index contributed by atoms with van der Waals surface area (Å²) in [5, 5.41) is 0. The molecule has 1 fully saturated rings. The molecule has 0 aromatic carbocycles. The van der Waals surface area contributed by atoms with Crippen molar-refractivity contribution in [1.82, 2.24) is 4.90 Å². The predicted molar refractivity (Wildman–Crippen MR) is 58.3 cm³/mol. The lowest BCUT2D eigenvalue weighted by Crippen LogP contribution is -2.49. The van der Waals surface area contributed by atoms with Gasteiger partial charge in [0, 0.05) is 13.0 Å². The second-order valence-electron chi connectivity index (χ2n) is 5.11. The van der Waals surface area contributed by atoms with Crippen LogP contribution in [0, 0.1) is 0 Å². The molecule has 1 rings (SSSR count). The molecule has 0 N–H and O–H groups in total. The van der Waals surface area contributed by atoms with E-state index in [1.165, 1.54) is 0 Å². The van der Waals surface area contributed by atoms with Gasteiger partial charge in [0.1, 0.15) is 5.60 Å². The molecule has 0 aliphatic carbocycles. The van der Waals surface area contributed by atoms with Crippen LogP contribution in [0.3, 0.4) is 0 Å². The number of carbonyl (C=O) groups excluding carboxylic acids is 2. The second-order valence-corrected chi connectivity index (χ2v) is 5.11. The van der Waals surface area contributed by atoms with Crippen molar-refractivity contribution >= 4 is 12.1 Å². The van der Waals surface area contributed by atoms with Gasteiger partial charge < -0.3 is 9.47 Å². The maximum absolute atomic E-state index is 13.5. The minimum Gasteiger partial charge on any atom is -0.467 e. The molecule has 1 aliphatic heterocycles. The number of halogens is 2. The lowest BCUT2D eigenvalue weighted by molar-refractivity contribution is -0.156. The number of likely N-dealkylation sites (tertiary alicyclic amines) is 1. The number of carbonyl (C=O) groups is 2. The highest BCUT2D eigenvalue weighted by molar-refractivity contribution is 5.83. The van der Waals surface area contributed by atoms with Crippen molar-refractivity contribution < 1.29 is 27.8 Å². The smallest absolute Gasteiger partial charge is 0.411 e. The quantitative estimate of drug-likeness (QED) is 0.678. The maximum Gasteiger partial charge on any atom is 0.411 e. The molecule has 0 unspecified atom stereocenters. The van der Waals surface area contributed by atoms with Gasteiger partial charge in [-0.05, 0) is 20.8 Å². The first-order valence-corrected chi connectivity index (χ1v) is 5.54. The van der Waals surface area contributed by atoms with Gasteiger partial charge in [0.2, 0.25) is 0 Å². The molecule has 0 radical (unpaired) electrons. The topological polar surface area (TPSA) is 55.8 Å². The number of nitrogens with zero attached hydrogens (tertiary/aromatic N) is 1. The molecule has 5 nitrogen and oxygen atoms in total. The highest BCUT2D eigenvalue weighted by Gasteiger charge is 2.56. The summed E-state index contributed by atoms with van der Waals surface area (Å²) in [5.41, 5.74) is -0.810. The van der Waals surface area contributed by atoms with Crippen LogP contribution in [0.1, 0.15) is 27.2 Å². The minimum atomic E-state index is -3.29. The van der Waals surface area contributed by atoms with E-state index in [-0.39, 0.29) is 6.54 Å². The average Bonchev–Trinajstić information content (AvgIpc) is 2.50. The van der Waals surface area contributed by atoms with E-state index in [9.17, 15) is 18.4 Å². The second kappa shape index (κ2) is 4.70. The Morgan fingerprint density at radius 3 is 2.33 bits per heavy atom. The Kier molecular flexibility index (Phi) is 3.83. The molecule has 0 saturated carbocycles. The normalized spacial score (nSPS) is 22.8. The molecule has 1 heterocycles. The van der Waals surface area contributed by atoms with E-state index in [0.29, 0.717) is 0 Å². The number of hydrogen-bond acceptors (Lipinski definition) is 4. The van der Waals surface area contributed by atoms with Gasteiger partial charge in [-0.3, -0.25) is 4.90 Å². The number of alkyl halides is 2. The molecule has 1 atom stereocenters. The van der Waals surface area contributed by atoms with Gasteiger partial charge >= 0.3 is 12.1 Å². The number of ether oxygens (including phenoxy) is 2. The lowest BCUT2D eigenvalue weighted by atomic mass is 10.1. The van der Waals surface area contributed by atoms with Crippen LogP contribution in [0.15, 0.2) is 0 Å². The molecular formula is C11H17F2NO4. The van der Waals surface area contributed by atoms with Gasteiger partial charge in [-0.25, -0.2) is 18.4 Å². The minimum absolute atomic E-state index is 0.234. The third-order valence-electron chi connectivity index (χ3n) is 2.45. The molecule has 0 aromatic rings. The van der Waals surface area contributed by atoms with Crippen LogP contribution in [0.5, 0.6) is 0 Å². The first kappa shape index (κ1) is 14.7. The fourth-order valence-corrected chi connectivity index (χ4v) is 1.69. The molecular weight excluding hydrogens is 248 g/mol. The van der Waals surface area contributed by atoms with Gasteiger partial charge in [0.05, 0.1) is 7.11 Å². The number of rotatable bonds is 1. The van der Waals surface area contributed by atoms with Crippen molar-refractivity contribution in [1.29, 1.82) is 0 Å². The van der Waals surface area contributed by atoms with Crippen molar-refractivity contribution in [2.24, 2.45) is 0 Å². The maximum atomic E-state index is 13.5. The van der Waals surface area contributed by atoms with Crippen molar-refractivity contribution in [2.45, 2.75) is 44.8 Å². The van der Waals surface area contributed by atoms with E-state index in [0.717, 1.165) is 12.0 Å². The van der Waals surface area contributed by atoms with Gasteiger partial charge in [0.15, 0.2) is 6.04 Å². The summed E-state index contributed by atoms with van der Waals surface area (Å²) < 4.78 is 36.4. The number of esters is 1. The number of amides is 1. The summed E-state index contributed by atoms with van der Waals surface area (Å²) in [6.07, 6.45) is -1.51. The number of hydrogen-bond donors (Lipinski definition) is 0. The first-order valence-electron chi connectivity index (χ1n) is 5.54. The van der Waals surface area contributed by atoms with Crippen molar-refractivity contribution in [3.8, 4) is 0 Å². The van der Waals surface area contributed by atoms with E-state index in [4.69, 9.17) is 4.74 Å². The van der Waals surface area contributed by atoms with Gasteiger partial charge in [-0.1, -0.05) is 0 Å². The Hall–Kier alpha value is -1.40. The van der Waals surface area contributed by atoms with Crippen LogP contribution in [0.25, 0.3) is 0 Å². The summed E-state index contributed by atoms with van der Waals surface area (Å²) in [4.78, 5) is 23.8. The fraction of sp³-hybridized carbons (Fsp3) is 0.818.